The van der Waals surface area contributed by atoms with Crippen LogP contribution in [-0.4, -0.2) is 114 Å². The van der Waals surface area contributed by atoms with Gasteiger partial charge in [0.05, 0.1) is 61.0 Å². The number of aliphatic hydroxyl groups excluding tert-OH is 1. The number of hydrogen-bond donors (Lipinski definition) is 8. The maximum absolute atomic E-state index is 13.8. The van der Waals surface area contributed by atoms with Crippen LogP contribution in [0.25, 0.3) is 0 Å². The van der Waals surface area contributed by atoms with E-state index >= 15 is 0 Å². The minimum atomic E-state index is -2.99. The zero-order chi connectivity index (χ0) is 37.7. The fourth-order valence-electron chi connectivity index (χ4n) is 6.62. The van der Waals surface area contributed by atoms with Crippen molar-refractivity contribution < 1.29 is 83.6 Å². The average Bonchev–Trinajstić information content (AvgIpc) is 3.05. The summed E-state index contributed by atoms with van der Waals surface area (Å²) < 4.78 is 17.1. The average molecular weight is 754 g/mol. The number of aromatic hydroxyl groups is 2. The molecule has 0 bridgehead atoms. The first kappa shape index (κ1) is 40.1. The molecule has 282 valence electrons. The van der Waals surface area contributed by atoms with Crippen LogP contribution in [-0.2, 0) is 39.9 Å². The molecule has 3 aliphatic rings. The maximum Gasteiger partial charge on any atom is 0.336 e. The second-order valence-corrected chi connectivity index (χ2v) is 12.8. The quantitative estimate of drug-likeness (QED) is 0.0959. The van der Waals surface area contributed by atoms with Gasteiger partial charge in [0, 0.05) is 36.0 Å². The van der Waals surface area contributed by atoms with E-state index in [2.05, 4.69) is 5.48 Å². The van der Waals surface area contributed by atoms with Gasteiger partial charge in [0.15, 0.2) is 23.5 Å². The topological polar surface area (TPSA) is 293 Å². The van der Waals surface area contributed by atoms with Gasteiger partial charge in [0.1, 0.15) is 22.8 Å². The van der Waals surface area contributed by atoms with Crippen LogP contribution in [0.5, 0.6) is 17.2 Å². The van der Waals surface area contributed by atoms with E-state index < -0.39 is 125 Å². The molecule has 1 heterocycles. The molecule has 19 heteroatoms. The van der Waals surface area contributed by atoms with Gasteiger partial charge in [0.2, 0.25) is 5.78 Å². The van der Waals surface area contributed by atoms with Gasteiger partial charge < -0.3 is 54.8 Å². The molecule has 0 saturated carbocycles. The van der Waals surface area contributed by atoms with Gasteiger partial charge >= 0.3 is 17.9 Å². The second kappa shape index (κ2) is 14.7. The Morgan fingerprint density at radius 3 is 2.29 bits per heavy atom. The number of carboxylic acid groups (broad SMARTS) is 2. The summed E-state index contributed by atoms with van der Waals surface area (Å²) in [5, 5.41) is 73.5. The van der Waals surface area contributed by atoms with E-state index in [4.69, 9.17) is 24.2 Å². The summed E-state index contributed by atoms with van der Waals surface area (Å²) in [5.41, 5.74) is -4.79. The molecular formula is C33H36ClNO17. The molecule has 0 spiro atoms. The van der Waals surface area contributed by atoms with Gasteiger partial charge in [-0.2, -0.15) is 0 Å². The Hall–Kier alpha value is -4.69. The van der Waals surface area contributed by atoms with Crippen molar-refractivity contribution in [3.05, 3.63) is 51.6 Å². The van der Waals surface area contributed by atoms with Crippen molar-refractivity contribution in [2.75, 3.05) is 7.11 Å². The van der Waals surface area contributed by atoms with Crippen molar-refractivity contribution in [3.63, 3.8) is 0 Å². The minimum absolute atomic E-state index is 0. The number of carbonyl (C=O) groups excluding carboxylic acids is 4. The molecule has 8 N–H and O–H groups in total. The second-order valence-electron chi connectivity index (χ2n) is 12.8. The molecule has 5 unspecified atom stereocenters. The molecule has 1 fully saturated rings. The Bertz CT molecular complexity index is 1850. The fraction of sp³-hybridized carbons (Fsp3) is 0.455. The molecule has 52 heavy (non-hydrogen) atoms. The van der Waals surface area contributed by atoms with E-state index in [1.165, 1.54) is 32.2 Å². The standard InChI is InChI=1S/C33H35NO17.ClH/c1-12-26(39)16(34-51-20(38)11-33(47,31(44)45)10-19(36)37)7-21(49-12)50-18-9-32(46,13(2)35)8-15-23(18)30(43)25-24(28(15)41)27(40)14-5-4-6-17(48-3)22(14)29(25)42;/h4-6,12,16,18,21,26,34,39,41,43,46-47H,7-11H2,1-3H3,(H,36,37)(H,44,45);1H/t12?,16?,18-,21?,26?,32-,33?;/m0./s1. The number of phenolic OH excluding ortho intramolecular Hbond substituents is 2. The fourth-order valence-corrected chi connectivity index (χ4v) is 6.62. The van der Waals surface area contributed by atoms with Gasteiger partial charge in [-0.1, -0.05) is 12.1 Å². The summed E-state index contributed by atoms with van der Waals surface area (Å²) in [7, 11) is 1.28. The van der Waals surface area contributed by atoms with Crippen molar-refractivity contribution in [3.8, 4) is 17.2 Å². The van der Waals surface area contributed by atoms with Crippen LogP contribution in [0.15, 0.2) is 18.2 Å². The number of hydroxylamine groups is 1. The number of halogens is 1. The van der Waals surface area contributed by atoms with Gasteiger partial charge in [-0.25, -0.2) is 4.79 Å². The number of ketones is 3. The highest BCUT2D eigenvalue weighted by Gasteiger charge is 2.50. The number of methoxy groups -OCH3 is 1. The predicted molar refractivity (Wildman–Crippen MR) is 172 cm³/mol. The highest BCUT2D eigenvalue weighted by Crippen LogP contribution is 2.52. The van der Waals surface area contributed by atoms with Crippen molar-refractivity contribution in [1.29, 1.82) is 0 Å². The number of benzene rings is 2. The summed E-state index contributed by atoms with van der Waals surface area (Å²) >= 11 is 0. The molecule has 0 aromatic heterocycles. The molecule has 5 rings (SSSR count). The van der Waals surface area contributed by atoms with Crippen LogP contribution in [0.2, 0.25) is 0 Å². The molecule has 0 radical (unpaired) electrons. The van der Waals surface area contributed by atoms with E-state index in [0.717, 1.165) is 6.92 Å². The predicted octanol–water partition coefficient (Wildman–Crippen LogP) is 0.220. The van der Waals surface area contributed by atoms with Gasteiger partial charge in [-0.15, -0.1) is 17.9 Å². The number of aliphatic carboxylic acids is 2. The number of phenols is 2. The number of carboxylic acids is 2. The Morgan fingerprint density at radius 1 is 1.04 bits per heavy atom. The lowest BCUT2D eigenvalue weighted by atomic mass is 9.72. The lowest BCUT2D eigenvalue weighted by Gasteiger charge is -2.42. The Balaban J connectivity index is 0.00000605. The van der Waals surface area contributed by atoms with E-state index in [9.17, 15) is 59.4 Å². The van der Waals surface area contributed by atoms with Crippen molar-refractivity contribution in [2.24, 2.45) is 0 Å². The highest BCUT2D eigenvalue weighted by atomic mass is 35.5. The summed E-state index contributed by atoms with van der Waals surface area (Å²) in [4.78, 5) is 79.8. The number of rotatable bonds is 11. The van der Waals surface area contributed by atoms with Crippen LogP contribution in [0.4, 0.5) is 0 Å². The molecule has 1 aliphatic heterocycles. The Morgan fingerprint density at radius 2 is 1.69 bits per heavy atom. The molecule has 18 nitrogen and oxygen atoms in total. The molecule has 2 aromatic carbocycles. The van der Waals surface area contributed by atoms with Crippen molar-refractivity contribution >= 4 is 47.7 Å². The van der Waals surface area contributed by atoms with Crippen molar-refractivity contribution in [2.45, 2.75) is 87.8 Å². The molecule has 7 atom stereocenters. The zero-order valence-corrected chi connectivity index (χ0v) is 28.6. The lowest BCUT2D eigenvalue weighted by Crippen LogP contribution is -2.55. The number of fused-ring (bicyclic) bond motifs is 3. The number of carbonyl (C=O) groups is 6. The first-order valence-electron chi connectivity index (χ1n) is 15.6. The zero-order valence-electron chi connectivity index (χ0n) is 27.8. The Kier molecular flexibility index (Phi) is 11.4. The van der Waals surface area contributed by atoms with Crippen molar-refractivity contribution in [1.82, 2.24) is 5.48 Å². The largest absolute Gasteiger partial charge is 0.507 e. The molecule has 1 saturated heterocycles. The number of ether oxygens (including phenoxy) is 3. The molecule has 2 aromatic rings. The minimum Gasteiger partial charge on any atom is -0.507 e. The van der Waals surface area contributed by atoms with Crippen LogP contribution in [0.1, 0.15) is 88.6 Å². The summed E-state index contributed by atoms with van der Waals surface area (Å²) in [5.74, 6) is -8.99. The monoisotopic (exact) mass is 753 g/mol. The smallest absolute Gasteiger partial charge is 0.336 e. The summed E-state index contributed by atoms with van der Waals surface area (Å²) in [6.45, 7) is 2.49. The first-order chi connectivity index (χ1) is 23.8. The number of aliphatic hydroxyl groups is 3. The normalized spacial score (nSPS) is 26.1. The van der Waals surface area contributed by atoms with Crippen LogP contribution >= 0.6 is 12.4 Å². The van der Waals surface area contributed by atoms with E-state index in [1.54, 1.807) is 0 Å². The number of Topliss-reactive ketones (excluding diaryl/α,β-unsaturated/α-hetero) is 1. The summed E-state index contributed by atoms with van der Waals surface area (Å²) in [6, 6.07) is 3.03. The van der Waals surface area contributed by atoms with E-state index in [-0.39, 0.29) is 46.8 Å². The van der Waals surface area contributed by atoms with Crippen LogP contribution < -0.4 is 10.2 Å². The van der Waals surface area contributed by atoms with Gasteiger partial charge in [-0.3, -0.25) is 24.0 Å². The molecule has 0 amide bonds. The first-order valence-corrected chi connectivity index (χ1v) is 15.6. The molecule has 2 aliphatic carbocycles. The van der Waals surface area contributed by atoms with E-state index in [1.807, 2.05) is 0 Å². The van der Waals surface area contributed by atoms with Crippen LogP contribution in [0, 0.1) is 0 Å². The van der Waals surface area contributed by atoms with Gasteiger partial charge in [0.25, 0.3) is 0 Å². The maximum atomic E-state index is 13.8. The van der Waals surface area contributed by atoms with E-state index in [0.29, 0.717) is 0 Å². The summed E-state index contributed by atoms with van der Waals surface area (Å²) in [6.07, 6.45) is -9.34. The van der Waals surface area contributed by atoms with Gasteiger partial charge in [-0.05, 0) is 19.9 Å². The number of nitrogens with one attached hydrogen (secondary N) is 1. The molecular weight excluding hydrogens is 718 g/mol. The Labute approximate surface area is 300 Å². The highest BCUT2D eigenvalue weighted by molar-refractivity contribution is 6.31. The third-order valence-electron chi connectivity index (χ3n) is 9.36. The lowest BCUT2D eigenvalue weighted by molar-refractivity contribution is -0.256. The SMILES string of the molecule is COc1cccc2c1C(=O)c1c(O)c3c(c(O)c1C2=O)C[C@@](O)(C(C)=O)C[C@@H]3OC1CC(NOC(=O)CC(O)(CC(=O)O)C(=O)O)C(O)C(C)O1.Cl. The van der Waals surface area contributed by atoms with Crippen LogP contribution in [0.3, 0.4) is 0 Å². The number of hydrogen-bond acceptors (Lipinski definition) is 16. The third-order valence-corrected chi connectivity index (χ3v) is 9.36. The third kappa shape index (κ3) is 7.05.